The normalized spacial score (nSPS) is 34.5. The summed E-state index contributed by atoms with van der Waals surface area (Å²) in [6, 6.07) is 14.2. The van der Waals surface area contributed by atoms with Crippen LogP contribution in [0.4, 0.5) is 0 Å². The van der Waals surface area contributed by atoms with Gasteiger partial charge >= 0.3 is 0 Å². The molecule has 1 aromatic rings. The summed E-state index contributed by atoms with van der Waals surface area (Å²) >= 11 is 0. The second kappa shape index (κ2) is 6.56. The minimum Gasteiger partial charge on any atom is -0.447 e. The summed E-state index contributed by atoms with van der Waals surface area (Å²) < 4.78 is 12.5. The molecule has 0 radical (unpaired) electrons. The molecule has 154 valence electrons. The molecule has 6 heteroatoms. The summed E-state index contributed by atoms with van der Waals surface area (Å²) in [4.78, 5) is 0. The lowest BCUT2D eigenvalue weighted by molar-refractivity contribution is -0.284. The van der Waals surface area contributed by atoms with E-state index < -0.39 is 28.6 Å². The maximum atomic E-state index is 10.4. The first kappa shape index (κ1) is 20.4. The van der Waals surface area contributed by atoms with E-state index >= 15 is 0 Å². The van der Waals surface area contributed by atoms with Gasteiger partial charge in [-0.2, -0.15) is 15.8 Å². The number of hydrogen-bond acceptors (Lipinski definition) is 6. The smallest absolute Gasteiger partial charge is 0.217 e. The summed E-state index contributed by atoms with van der Waals surface area (Å²) in [6.07, 6.45) is 2.85. The predicted octanol–water partition coefficient (Wildman–Crippen LogP) is 4.88. The van der Waals surface area contributed by atoms with Gasteiger partial charge in [0.25, 0.3) is 0 Å². The van der Waals surface area contributed by atoms with E-state index in [1.807, 2.05) is 24.3 Å². The molecule has 4 atom stereocenters. The molecule has 2 saturated heterocycles. The predicted molar refractivity (Wildman–Crippen MR) is 109 cm³/mol. The molecule has 3 fully saturated rings. The zero-order chi connectivity index (χ0) is 21.8. The molecule has 6 nitrogen and oxygen atoms in total. The lowest BCUT2D eigenvalue weighted by Gasteiger charge is -2.49. The van der Waals surface area contributed by atoms with Gasteiger partial charge in [0.1, 0.15) is 6.10 Å². The van der Waals surface area contributed by atoms with Gasteiger partial charge in [0.2, 0.25) is 17.1 Å². The Hall–Kier alpha value is -2.88. The van der Waals surface area contributed by atoms with Crippen molar-refractivity contribution in [1.29, 1.82) is 21.2 Å². The lowest BCUT2D eigenvalue weighted by atomic mass is 9.52. The third-order valence-electron chi connectivity index (χ3n) is 7.15. The van der Waals surface area contributed by atoms with Crippen LogP contribution in [-0.4, -0.2) is 11.7 Å². The Morgan fingerprint density at radius 2 is 1.67 bits per heavy atom. The number of benzene rings is 1. The van der Waals surface area contributed by atoms with Gasteiger partial charge in [0.05, 0.1) is 24.1 Å². The van der Waals surface area contributed by atoms with Crippen LogP contribution in [0.2, 0.25) is 0 Å². The van der Waals surface area contributed by atoms with Crippen molar-refractivity contribution in [2.45, 2.75) is 70.2 Å². The van der Waals surface area contributed by atoms with E-state index in [2.05, 4.69) is 39.0 Å². The molecule has 1 aliphatic carbocycles. The number of nitriles is 3. The minimum absolute atomic E-state index is 0.0449. The molecule has 0 spiro atoms. The van der Waals surface area contributed by atoms with Crippen LogP contribution in [0.15, 0.2) is 24.3 Å². The molecule has 1 N–H and O–H groups in total. The molecule has 0 amide bonds. The highest BCUT2D eigenvalue weighted by Crippen LogP contribution is 2.69. The largest absolute Gasteiger partial charge is 0.447 e. The van der Waals surface area contributed by atoms with E-state index in [0.29, 0.717) is 18.4 Å². The Morgan fingerprint density at radius 3 is 2.23 bits per heavy atom. The van der Waals surface area contributed by atoms with Crippen LogP contribution >= 0.6 is 0 Å². The molecule has 3 aliphatic rings. The Kier molecular flexibility index (Phi) is 4.46. The average molecular weight is 402 g/mol. The molecular weight excluding hydrogens is 376 g/mol. The highest BCUT2D eigenvalue weighted by atomic mass is 16.7. The van der Waals surface area contributed by atoms with E-state index in [9.17, 15) is 15.8 Å². The minimum atomic E-state index is -1.86. The van der Waals surface area contributed by atoms with Crippen LogP contribution in [0, 0.1) is 56.2 Å². The Labute approximate surface area is 177 Å². The van der Waals surface area contributed by atoms with E-state index in [1.54, 1.807) is 0 Å². The van der Waals surface area contributed by atoms with Gasteiger partial charge in [-0.1, -0.05) is 57.9 Å². The van der Waals surface area contributed by atoms with Gasteiger partial charge in [0.15, 0.2) is 5.41 Å². The maximum absolute atomic E-state index is 10.4. The molecule has 2 aliphatic heterocycles. The second-order valence-electron chi connectivity index (χ2n) is 9.72. The van der Waals surface area contributed by atoms with Crippen molar-refractivity contribution in [3.8, 4) is 18.2 Å². The van der Waals surface area contributed by atoms with E-state index in [4.69, 9.17) is 14.9 Å². The summed E-state index contributed by atoms with van der Waals surface area (Å²) in [5.74, 6) is -1.93. The fraction of sp³-hybridized carbons (Fsp3) is 0.583. The second-order valence-corrected chi connectivity index (χ2v) is 9.72. The van der Waals surface area contributed by atoms with Gasteiger partial charge < -0.3 is 9.47 Å². The van der Waals surface area contributed by atoms with Crippen LogP contribution in [-0.2, 0) is 14.9 Å². The maximum Gasteiger partial charge on any atom is 0.217 e. The molecule has 2 bridgehead atoms. The molecule has 1 aromatic carbocycles. The number of ether oxygens (including phenoxy) is 2. The molecule has 4 rings (SSSR count). The number of nitrogens with one attached hydrogen (secondary N) is 1. The summed E-state index contributed by atoms with van der Waals surface area (Å²) in [7, 11) is 0. The molecule has 30 heavy (non-hydrogen) atoms. The number of nitrogens with zero attached hydrogens (tertiary/aromatic N) is 3. The standard InChI is InChI=1S/C24H26N4O2/c1-21(2,3)17-10-8-16(9-11-17)19-22(13-25,14-26)23(15-27)18-7-5-4-6-12-24(18,29-19)30-20(23)28/h8-11,18-19,28H,4-7,12H2,1-3H3. The van der Waals surface area contributed by atoms with E-state index in [0.717, 1.165) is 24.8 Å². The van der Waals surface area contributed by atoms with Crippen molar-refractivity contribution in [2.24, 2.45) is 16.7 Å². The molecule has 2 heterocycles. The zero-order valence-electron chi connectivity index (χ0n) is 17.7. The third-order valence-corrected chi connectivity index (χ3v) is 7.15. The van der Waals surface area contributed by atoms with Gasteiger partial charge in [-0.25, -0.2) is 0 Å². The molecular formula is C24H26N4O2. The topological polar surface area (TPSA) is 114 Å². The van der Waals surface area contributed by atoms with Crippen molar-refractivity contribution in [1.82, 2.24) is 0 Å². The number of hydrogen-bond donors (Lipinski definition) is 1. The fourth-order valence-electron chi connectivity index (χ4n) is 5.50. The highest BCUT2D eigenvalue weighted by molar-refractivity contribution is 5.89. The van der Waals surface area contributed by atoms with Gasteiger partial charge in [-0.3, -0.25) is 5.41 Å². The van der Waals surface area contributed by atoms with Gasteiger partial charge in [0, 0.05) is 6.42 Å². The molecule has 4 unspecified atom stereocenters. The Morgan fingerprint density at radius 1 is 1.00 bits per heavy atom. The lowest BCUT2D eigenvalue weighted by Crippen LogP contribution is -2.59. The molecule has 1 saturated carbocycles. The molecule has 0 aromatic heterocycles. The van der Waals surface area contributed by atoms with Crippen LogP contribution in [0.3, 0.4) is 0 Å². The Balaban J connectivity index is 1.93. The average Bonchev–Trinajstić information content (AvgIpc) is 2.85. The van der Waals surface area contributed by atoms with Crippen molar-refractivity contribution < 1.29 is 9.47 Å². The van der Waals surface area contributed by atoms with Crippen molar-refractivity contribution >= 4 is 5.90 Å². The third kappa shape index (κ3) is 2.39. The van der Waals surface area contributed by atoms with Gasteiger partial charge in [-0.15, -0.1) is 0 Å². The quantitative estimate of drug-likeness (QED) is 0.719. The monoisotopic (exact) mass is 402 g/mol. The Bertz CT molecular complexity index is 990. The fourth-order valence-corrected chi connectivity index (χ4v) is 5.50. The van der Waals surface area contributed by atoms with Crippen LogP contribution in [0.25, 0.3) is 0 Å². The van der Waals surface area contributed by atoms with Gasteiger partial charge in [-0.05, 0) is 29.4 Å². The first-order valence-corrected chi connectivity index (χ1v) is 10.5. The van der Waals surface area contributed by atoms with Crippen LogP contribution in [0.1, 0.15) is 70.1 Å². The first-order chi connectivity index (χ1) is 14.2. The van der Waals surface area contributed by atoms with Crippen molar-refractivity contribution in [3.63, 3.8) is 0 Å². The summed E-state index contributed by atoms with van der Waals surface area (Å²) in [5.41, 5.74) is -1.78. The number of rotatable bonds is 1. The van der Waals surface area contributed by atoms with Crippen molar-refractivity contribution in [3.05, 3.63) is 35.4 Å². The summed E-state index contributed by atoms with van der Waals surface area (Å²) in [5, 5.41) is 39.5. The first-order valence-electron chi connectivity index (χ1n) is 10.5. The van der Waals surface area contributed by atoms with Crippen molar-refractivity contribution in [2.75, 3.05) is 0 Å². The van der Waals surface area contributed by atoms with E-state index in [1.165, 1.54) is 0 Å². The summed E-state index contributed by atoms with van der Waals surface area (Å²) in [6.45, 7) is 6.34. The zero-order valence-corrected chi connectivity index (χ0v) is 17.7. The van der Waals surface area contributed by atoms with E-state index in [-0.39, 0.29) is 11.3 Å². The highest BCUT2D eigenvalue weighted by Gasteiger charge is 2.80. The van der Waals surface area contributed by atoms with Crippen LogP contribution < -0.4 is 0 Å². The SMILES string of the molecule is CC(C)(C)c1ccc(C2OC34CCCCCC3C(C#N)(C(=N)O4)C2(C#N)C#N)cc1. The van der Waals surface area contributed by atoms with Crippen LogP contribution in [0.5, 0.6) is 0 Å².